The van der Waals surface area contributed by atoms with Gasteiger partial charge in [-0.15, -0.1) is 0 Å². The van der Waals surface area contributed by atoms with E-state index in [4.69, 9.17) is 4.74 Å². The van der Waals surface area contributed by atoms with Crippen molar-refractivity contribution >= 4 is 0 Å². The molecule has 2 rings (SSSR count). The first-order chi connectivity index (χ1) is 9.44. The van der Waals surface area contributed by atoms with Gasteiger partial charge in [0.05, 0.1) is 7.11 Å². The average Bonchev–Trinajstić information content (AvgIpc) is 2.88. The van der Waals surface area contributed by atoms with E-state index in [1.54, 1.807) is 6.07 Å². The lowest BCUT2D eigenvalue weighted by Gasteiger charge is -2.06. The van der Waals surface area contributed by atoms with Gasteiger partial charge in [0.15, 0.2) is 5.69 Å². The van der Waals surface area contributed by atoms with Crippen LogP contribution in [0.5, 0.6) is 5.88 Å². The Bertz CT molecular complexity index is 595. The van der Waals surface area contributed by atoms with Crippen molar-refractivity contribution in [3.05, 3.63) is 29.7 Å². The number of ether oxygens (including phenoxy) is 1. The summed E-state index contributed by atoms with van der Waals surface area (Å²) in [5, 5.41) is 3.44. The number of methoxy groups -OCH3 is 1. The maximum atomic E-state index is 12.5. The van der Waals surface area contributed by atoms with Gasteiger partial charge in [0.25, 0.3) is 5.95 Å². The fourth-order valence-corrected chi connectivity index (χ4v) is 1.64. The van der Waals surface area contributed by atoms with Crippen molar-refractivity contribution in [3.8, 4) is 11.8 Å². The van der Waals surface area contributed by atoms with Crippen LogP contribution in [0.1, 0.15) is 24.7 Å². The Morgan fingerprint density at radius 3 is 2.60 bits per heavy atom. The highest BCUT2D eigenvalue weighted by Crippen LogP contribution is 2.27. The molecule has 0 amide bonds. The molecule has 0 aliphatic heterocycles. The third-order valence-electron chi connectivity index (χ3n) is 2.54. The number of hydrogen-bond acceptors (Lipinski definition) is 4. The number of alkyl halides is 3. The molecule has 0 saturated carbocycles. The van der Waals surface area contributed by atoms with Crippen LogP contribution in [0.4, 0.5) is 13.2 Å². The molecule has 0 saturated heterocycles. The molecule has 8 heteroatoms. The Morgan fingerprint density at radius 2 is 2.05 bits per heavy atom. The standard InChI is InChI=1S/C12H13F3N4O/c1-3-4-8-7-10(20-2)17-11(16-8)19-6-5-9(18-19)12(13,14)15/h5-7H,3-4H2,1-2H3. The SMILES string of the molecule is CCCc1cc(OC)nc(-n2ccc(C(F)(F)F)n2)n1. The maximum absolute atomic E-state index is 12.5. The van der Waals surface area contributed by atoms with Crippen LogP contribution in [0.3, 0.4) is 0 Å². The Hall–Kier alpha value is -2.12. The molecule has 0 N–H and O–H groups in total. The minimum Gasteiger partial charge on any atom is -0.481 e. The van der Waals surface area contributed by atoms with E-state index in [2.05, 4.69) is 15.1 Å². The highest BCUT2D eigenvalue weighted by molar-refractivity contribution is 5.23. The molecule has 5 nitrogen and oxygen atoms in total. The van der Waals surface area contributed by atoms with Crippen molar-refractivity contribution in [2.24, 2.45) is 0 Å². The summed E-state index contributed by atoms with van der Waals surface area (Å²) in [6.07, 6.45) is -1.78. The Balaban J connectivity index is 2.41. The van der Waals surface area contributed by atoms with E-state index < -0.39 is 11.9 Å². The van der Waals surface area contributed by atoms with Crippen molar-refractivity contribution in [1.82, 2.24) is 19.7 Å². The monoisotopic (exact) mass is 286 g/mol. The lowest BCUT2D eigenvalue weighted by Crippen LogP contribution is -2.10. The van der Waals surface area contributed by atoms with E-state index in [-0.39, 0.29) is 5.95 Å². The van der Waals surface area contributed by atoms with Gasteiger partial charge in [-0.1, -0.05) is 13.3 Å². The molecule has 2 heterocycles. The zero-order valence-electron chi connectivity index (χ0n) is 11.0. The fourth-order valence-electron chi connectivity index (χ4n) is 1.64. The molecule has 0 bridgehead atoms. The first-order valence-corrected chi connectivity index (χ1v) is 5.99. The van der Waals surface area contributed by atoms with Crippen LogP contribution in [0.25, 0.3) is 5.95 Å². The van der Waals surface area contributed by atoms with Crippen LogP contribution >= 0.6 is 0 Å². The largest absolute Gasteiger partial charge is 0.481 e. The molecule has 0 aromatic carbocycles. The average molecular weight is 286 g/mol. The van der Waals surface area contributed by atoms with Gasteiger partial charge in [-0.05, 0) is 12.5 Å². The van der Waals surface area contributed by atoms with Gasteiger partial charge in [0.1, 0.15) is 0 Å². The van der Waals surface area contributed by atoms with Crippen LogP contribution < -0.4 is 4.74 Å². The van der Waals surface area contributed by atoms with Crippen molar-refractivity contribution in [2.45, 2.75) is 25.9 Å². The number of halogens is 3. The highest BCUT2D eigenvalue weighted by atomic mass is 19.4. The van der Waals surface area contributed by atoms with Gasteiger partial charge in [0.2, 0.25) is 5.88 Å². The summed E-state index contributed by atoms with van der Waals surface area (Å²) in [7, 11) is 1.44. The number of rotatable bonds is 4. The van der Waals surface area contributed by atoms with E-state index in [1.165, 1.54) is 13.3 Å². The van der Waals surface area contributed by atoms with Crippen molar-refractivity contribution < 1.29 is 17.9 Å². The molecule has 0 atom stereocenters. The number of hydrogen-bond donors (Lipinski definition) is 0. The first-order valence-electron chi connectivity index (χ1n) is 5.99. The van der Waals surface area contributed by atoms with Crippen molar-refractivity contribution in [1.29, 1.82) is 0 Å². The predicted molar refractivity (Wildman–Crippen MR) is 64.7 cm³/mol. The summed E-state index contributed by atoms with van der Waals surface area (Å²) in [5.41, 5.74) is -0.292. The minimum atomic E-state index is -4.49. The van der Waals surface area contributed by atoms with E-state index in [0.29, 0.717) is 18.0 Å². The second-order valence-corrected chi connectivity index (χ2v) is 4.09. The summed E-state index contributed by atoms with van der Waals surface area (Å²) >= 11 is 0. The Kier molecular flexibility index (Phi) is 3.91. The molecule has 0 fully saturated rings. The van der Waals surface area contributed by atoms with Crippen LogP contribution in [-0.2, 0) is 12.6 Å². The predicted octanol–water partition coefficient (Wildman–Crippen LogP) is 2.64. The van der Waals surface area contributed by atoms with Gasteiger partial charge in [-0.3, -0.25) is 0 Å². The quantitative estimate of drug-likeness (QED) is 0.867. The molecule has 0 radical (unpaired) electrons. The molecule has 0 aliphatic rings. The van der Waals surface area contributed by atoms with E-state index in [9.17, 15) is 13.2 Å². The summed E-state index contributed by atoms with van der Waals surface area (Å²) in [6.45, 7) is 1.98. The highest BCUT2D eigenvalue weighted by Gasteiger charge is 2.33. The summed E-state index contributed by atoms with van der Waals surface area (Å²) in [5.74, 6) is 0.353. The minimum absolute atomic E-state index is 0.0586. The number of nitrogens with zero attached hydrogens (tertiary/aromatic N) is 4. The maximum Gasteiger partial charge on any atom is 0.435 e. The molecule has 0 spiro atoms. The third kappa shape index (κ3) is 3.06. The third-order valence-corrected chi connectivity index (χ3v) is 2.54. The molecule has 2 aromatic heterocycles. The first kappa shape index (κ1) is 14.3. The lowest BCUT2D eigenvalue weighted by atomic mass is 10.2. The lowest BCUT2D eigenvalue weighted by molar-refractivity contribution is -0.141. The van der Waals surface area contributed by atoms with Crippen molar-refractivity contribution in [2.75, 3.05) is 7.11 Å². The zero-order chi connectivity index (χ0) is 14.8. The van der Waals surface area contributed by atoms with E-state index >= 15 is 0 Å². The summed E-state index contributed by atoms with van der Waals surface area (Å²) in [4.78, 5) is 8.18. The second-order valence-electron chi connectivity index (χ2n) is 4.09. The van der Waals surface area contributed by atoms with Gasteiger partial charge >= 0.3 is 6.18 Å². The Morgan fingerprint density at radius 1 is 1.30 bits per heavy atom. The normalized spacial score (nSPS) is 11.7. The Labute approximate surface area is 113 Å². The molecule has 0 unspecified atom stereocenters. The number of aryl methyl sites for hydroxylation is 1. The van der Waals surface area contributed by atoms with Crippen LogP contribution in [0.15, 0.2) is 18.3 Å². The van der Waals surface area contributed by atoms with Gasteiger partial charge in [0, 0.05) is 18.0 Å². The van der Waals surface area contributed by atoms with Crippen LogP contribution in [0.2, 0.25) is 0 Å². The van der Waals surface area contributed by atoms with Gasteiger partial charge in [-0.25, -0.2) is 9.67 Å². The molecule has 0 aliphatic carbocycles. The topological polar surface area (TPSA) is 52.8 Å². The smallest absolute Gasteiger partial charge is 0.435 e. The van der Waals surface area contributed by atoms with Crippen LogP contribution in [-0.4, -0.2) is 26.9 Å². The van der Waals surface area contributed by atoms with Gasteiger partial charge < -0.3 is 4.74 Å². The molecular weight excluding hydrogens is 273 g/mol. The fraction of sp³-hybridized carbons (Fsp3) is 0.417. The second kappa shape index (κ2) is 5.48. The zero-order valence-corrected chi connectivity index (χ0v) is 11.0. The number of aromatic nitrogens is 4. The summed E-state index contributed by atoms with van der Waals surface area (Å²) in [6, 6.07) is 2.53. The molecule has 108 valence electrons. The van der Waals surface area contributed by atoms with Gasteiger partial charge in [-0.2, -0.15) is 23.3 Å². The van der Waals surface area contributed by atoms with Crippen molar-refractivity contribution in [3.63, 3.8) is 0 Å². The molecule has 2 aromatic rings. The molecular formula is C12H13F3N4O. The molecule has 20 heavy (non-hydrogen) atoms. The summed E-state index contributed by atoms with van der Waals surface area (Å²) < 4.78 is 43.6. The van der Waals surface area contributed by atoms with Crippen LogP contribution in [0, 0.1) is 0 Å². The van der Waals surface area contributed by atoms with E-state index in [1.807, 2.05) is 6.92 Å². The van der Waals surface area contributed by atoms with E-state index in [0.717, 1.165) is 17.2 Å².